The molecule has 0 unspecified atom stereocenters. The highest BCUT2D eigenvalue weighted by Gasteiger charge is 2.29. The molecule has 25 heavy (non-hydrogen) atoms. The Morgan fingerprint density at radius 2 is 2.04 bits per heavy atom. The molecule has 0 spiro atoms. The fourth-order valence-corrected chi connectivity index (χ4v) is 3.26. The molecule has 3 N–H and O–H groups in total. The summed E-state index contributed by atoms with van der Waals surface area (Å²) in [4.78, 5) is 22.1. The molecule has 3 aromatic rings. The summed E-state index contributed by atoms with van der Waals surface area (Å²) in [5.74, 6) is 0.851. The van der Waals surface area contributed by atoms with E-state index in [1.807, 2.05) is 35.2 Å². The van der Waals surface area contributed by atoms with Crippen molar-refractivity contribution in [2.24, 2.45) is 0 Å². The summed E-state index contributed by atoms with van der Waals surface area (Å²) in [7, 11) is 0. The van der Waals surface area contributed by atoms with Crippen LogP contribution < -0.4 is 5.32 Å². The third-order valence-electron chi connectivity index (χ3n) is 4.55. The molecule has 1 saturated heterocycles. The second kappa shape index (κ2) is 6.80. The highest BCUT2D eigenvalue weighted by molar-refractivity contribution is 5.90. The molecular formula is C18H20N6O. The third-order valence-corrected chi connectivity index (χ3v) is 4.55. The number of nitrogens with zero attached hydrogens (tertiary/aromatic N) is 3. The summed E-state index contributed by atoms with van der Waals surface area (Å²) >= 11 is 0. The third kappa shape index (κ3) is 3.26. The van der Waals surface area contributed by atoms with Crippen molar-refractivity contribution in [2.75, 3.05) is 11.9 Å². The number of urea groups is 1. The number of carbonyl (C=O) groups excluding carboxylic acids is 1. The smallest absolute Gasteiger partial charge is 0.322 e. The van der Waals surface area contributed by atoms with Gasteiger partial charge < -0.3 is 15.2 Å². The molecule has 1 aliphatic rings. The zero-order chi connectivity index (χ0) is 17.1. The number of amides is 2. The van der Waals surface area contributed by atoms with Crippen LogP contribution in [0.15, 0.2) is 48.9 Å². The molecule has 7 heteroatoms. The van der Waals surface area contributed by atoms with E-state index in [1.54, 1.807) is 18.6 Å². The van der Waals surface area contributed by atoms with Crippen LogP contribution in [0.3, 0.4) is 0 Å². The van der Waals surface area contributed by atoms with E-state index in [2.05, 4.69) is 25.5 Å². The molecule has 2 amide bonds. The highest BCUT2D eigenvalue weighted by Crippen LogP contribution is 2.29. The quantitative estimate of drug-likeness (QED) is 0.683. The van der Waals surface area contributed by atoms with Crippen molar-refractivity contribution in [3.8, 4) is 11.3 Å². The van der Waals surface area contributed by atoms with E-state index in [-0.39, 0.29) is 12.1 Å². The number of likely N-dealkylation sites (tertiary alicyclic amines) is 1. The van der Waals surface area contributed by atoms with Crippen LogP contribution in [-0.2, 0) is 0 Å². The van der Waals surface area contributed by atoms with Gasteiger partial charge in [-0.15, -0.1) is 0 Å². The van der Waals surface area contributed by atoms with Gasteiger partial charge in [-0.2, -0.15) is 5.10 Å². The second-order valence-electron chi connectivity index (χ2n) is 6.16. The number of imidazole rings is 1. The molecule has 7 nitrogen and oxygen atoms in total. The predicted molar refractivity (Wildman–Crippen MR) is 94.9 cm³/mol. The van der Waals surface area contributed by atoms with Crippen molar-refractivity contribution in [1.29, 1.82) is 0 Å². The topological polar surface area (TPSA) is 89.7 Å². The summed E-state index contributed by atoms with van der Waals surface area (Å²) in [6, 6.07) is 9.56. The Hall–Kier alpha value is -3.09. The number of nitrogens with one attached hydrogen (secondary N) is 3. The van der Waals surface area contributed by atoms with Gasteiger partial charge in [0.25, 0.3) is 0 Å². The first-order valence-electron chi connectivity index (χ1n) is 8.48. The largest absolute Gasteiger partial charge is 0.347 e. The zero-order valence-corrected chi connectivity index (χ0v) is 13.8. The summed E-state index contributed by atoms with van der Waals surface area (Å²) < 4.78 is 0. The standard InChI is InChI=1S/C18H20N6O/c25-18(24-12-2-1-3-16(24)17-19-10-11-20-17)22-14-6-4-13(5-7-14)15-8-9-21-23-15/h4-11,16H,1-3,12H2,(H,19,20)(H,21,23)(H,22,25)/t16-/m1/s1. The number of hydrogen-bond donors (Lipinski definition) is 3. The maximum absolute atomic E-state index is 12.7. The van der Waals surface area contributed by atoms with Gasteiger partial charge in [-0.3, -0.25) is 5.10 Å². The molecule has 128 valence electrons. The van der Waals surface area contributed by atoms with Crippen molar-refractivity contribution in [2.45, 2.75) is 25.3 Å². The van der Waals surface area contributed by atoms with Crippen LogP contribution in [-0.4, -0.2) is 37.6 Å². The molecule has 0 aliphatic carbocycles. The summed E-state index contributed by atoms with van der Waals surface area (Å²) in [5, 5.41) is 9.88. The van der Waals surface area contributed by atoms with Crippen molar-refractivity contribution < 1.29 is 4.79 Å². The maximum Gasteiger partial charge on any atom is 0.322 e. The molecule has 3 heterocycles. The van der Waals surface area contributed by atoms with Gasteiger partial charge in [-0.25, -0.2) is 9.78 Å². The van der Waals surface area contributed by atoms with Crippen LogP contribution in [0.4, 0.5) is 10.5 Å². The average Bonchev–Trinajstić information content (AvgIpc) is 3.36. The minimum absolute atomic E-state index is 0.00742. The summed E-state index contributed by atoms with van der Waals surface area (Å²) in [5.41, 5.74) is 2.76. The van der Waals surface area contributed by atoms with Crippen molar-refractivity contribution >= 4 is 11.7 Å². The molecule has 0 radical (unpaired) electrons. The monoisotopic (exact) mass is 336 g/mol. The number of benzene rings is 1. The van der Waals surface area contributed by atoms with Gasteiger partial charge in [0.15, 0.2) is 0 Å². The summed E-state index contributed by atoms with van der Waals surface area (Å²) in [6.45, 7) is 0.740. The van der Waals surface area contributed by atoms with Crippen molar-refractivity contribution in [1.82, 2.24) is 25.1 Å². The Balaban J connectivity index is 1.47. The predicted octanol–water partition coefficient (Wildman–Crippen LogP) is 3.56. The maximum atomic E-state index is 12.7. The fourth-order valence-electron chi connectivity index (χ4n) is 3.26. The van der Waals surface area contributed by atoms with Crippen LogP contribution in [0.1, 0.15) is 31.1 Å². The lowest BCUT2D eigenvalue weighted by Crippen LogP contribution is -2.41. The zero-order valence-electron chi connectivity index (χ0n) is 13.8. The van der Waals surface area contributed by atoms with E-state index in [0.29, 0.717) is 0 Å². The average molecular weight is 336 g/mol. The summed E-state index contributed by atoms with van der Waals surface area (Å²) in [6.07, 6.45) is 8.30. The molecular weight excluding hydrogens is 316 g/mol. The molecule has 0 bridgehead atoms. The Morgan fingerprint density at radius 1 is 1.16 bits per heavy atom. The van der Waals surface area contributed by atoms with Crippen LogP contribution in [0.5, 0.6) is 0 Å². The number of H-pyrrole nitrogens is 2. The first-order valence-corrected chi connectivity index (χ1v) is 8.48. The van der Waals surface area contributed by atoms with Gasteiger partial charge in [0.2, 0.25) is 0 Å². The number of carbonyl (C=O) groups is 1. The lowest BCUT2D eigenvalue weighted by molar-refractivity contribution is 0.160. The minimum Gasteiger partial charge on any atom is -0.347 e. The van der Waals surface area contributed by atoms with Gasteiger partial charge in [0, 0.05) is 30.8 Å². The Morgan fingerprint density at radius 3 is 2.76 bits per heavy atom. The van der Waals surface area contributed by atoms with Crippen LogP contribution in [0.25, 0.3) is 11.3 Å². The van der Waals surface area contributed by atoms with E-state index in [9.17, 15) is 4.79 Å². The van der Waals surface area contributed by atoms with E-state index < -0.39 is 0 Å². The number of anilines is 1. The normalized spacial score (nSPS) is 17.4. The van der Waals surface area contributed by atoms with Gasteiger partial charge in [0.05, 0.1) is 11.7 Å². The van der Waals surface area contributed by atoms with Gasteiger partial charge >= 0.3 is 6.03 Å². The number of hydrogen-bond acceptors (Lipinski definition) is 3. The fraction of sp³-hybridized carbons (Fsp3) is 0.278. The number of aromatic amines is 2. The Bertz CT molecular complexity index is 810. The SMILES string of the molecule is O=C(Nc1ccc(-c2ccn[nH]2)cc1)N1CCCC[C@@H]1c1ncc[nH]1. The van der Waals surface area contributed by atoms with E-state index >= 15 is 0 Å². The lowest BCUT2D eigenvalue weighted by Gasteiger charge is -2.34. The molecule has 1 fully saturated rings. The minimum atomic E-state index is -0.0876. The number of rotatable bonds is 3. The van der Waals surface area contributed by atoms with Gasteiger partial charge in [-0.05, 0) is 43.0 Å². The van der Waals surface area contributed by atoms with Gasteiger partial charge in [0.1, 0.15) is 5.82 Å². The second-order valence-corrected chi connectivity index (χ2v) is 6.16. The molecule has 1 aromatic carbocycles. The first-order chi connectivity index (χ1) is 12.3. The van der Waals surface area contributed by atoms with E-state index in [0.717, 1.165) is 48.6 Å². The number of piperidine rings is 1. The van der Waals surface area contributed by atoms with Crippen LogP contribution in [0, 0.1) is 0 Å². The Labute approximate surface area is 145 Å². The molecule has 4 rings (SSSR count). The molecule has 1 aliphatic heterocycles. The number of aromatic nitrogens is 4. The first kappa shape index (κ1) is 15.4. The Kier molecular flexibility index (Phi) is 4.20. The van der Waals surface area contributed by atoms with Crippen molar-refractivity contribution in [3.63, 3.8) is 0 Å². The van der Waals surface area contributed by atoms with E-state index in [4.69, 9.17) is 0 Å². The molecule has 1 atom stereocenters. The van der Waals surface area contributed by atoms with E-state index in [1.165, 1.54) is 0 Å². The van der Waals surface area contributed by atoms with Crippen LogP contribution >= 0.6 is 0 Å². The van der Waals surface area contributed by atoms with Gasteiger partial charge in [-0.1, -0.05) is 12.1 Å². The lowest BCUT2D eigenvalue weighted by atomic mass is 10.0. The van der Waals surface area contributed by atoms with Crippen molar-refractivity contribution in [3.05, 3.63) is 54.7 Å². The molecule has 0 saturated carbocycles. The highest BCUT2D eigenvalue weighted by atomic mass is 16.2. The van der Waals surface area contributed by atoms with Crippen LogP contribution in [0.2, 0.25) is 0 Å². The molecule has 2 aromatic heterocycles.